The fourth-order valence-corrected chi connectivity index (χ4v) is 1.36. The third-order valence-corrected chi connectivity index (χ3v) is 2.25. The standard InChI is InChI=1S/C10H18N4O3/c1-3-8-12-9(14-13-8)10(16)11-7(4-5-15)6-17-2/h7,15H,3-6H2,1-2H3,(H,11,16)(H,12,13,14). The molecule has 0 bridgehead atoms. The summed E-state index contributed by atoms with van der Waals surface area (Å²) in [5, 5.41) is 18.0. The molecule has 0 spiro atoms. The van der Waals surface area contributed by atoms with E-state index in [1.165, 1.54) is 0 Å². The van der Waals surface area contributed by atoms with Gasteiger partial charge in [0.15, 0.2) is 0 Å². The van der Waals surface area contributed by atoms with Crippen molar-refractivity contribution in [2.75, 3.05) is 20.3 Å². The number of nitrogens with one attached hydrogen (secondary N) is 2. The molecule has 17 heavy (non-hydrogen) atoms. The van der Waals surface area contributed by atoms with Crippen LogP contribution in [0.3, 0.4) is 0 Å². The Labute approximate surface area is 99.6 Å². The first-order valence-corrected chi connectivity index (χ1v) is 5.53. The highest BCUT2D eigenvalue weighted by Gasteiger charge is 2.16. The van der Waals surface area contributed by atoms with Crippen LogP contribution in [-0.2, 0) is 11.2 Å². The molecule has 1 unspecified atom stereocenters. The summed E-state index contributed by atoms with van der Waals surface area (Å²) >= 11 is 0. The zero-order valence-corrected chi connectivity index (χ0v) is 10.1. The molecule has 1 rings (SSSR count). The maximum absolute atomic E-state index is 11.7. The third kappa shape index (κ3) is 4.12. The van der Waals surface area contributed by atoms with E-state index < -0.39 is 0 Å². The molecule has 3 N–H and O–H groups in total. The zero-order valence-electron chi connectivity index (χ0n) is 10.1. The number of aryl methyl sites for hydroxylation is 1. The average molecular weight is 242 g/mol. The van der Waals surface area contributed by atoms with Gasteiger partial charge in [0.05, 0.1) is 12.6 Å². The first kappa shape index (κ1) is 13.6. The summed E-state index contributed by atoms with van der Waals surface area (Å²) < 4.78 is 4.95. The van der Waals surface area contributed by atoms with Gasteiger partial charge >= 0.3 is 0 Å². The number of aromatic amines is 1. The van der Waals surface area contributed by atoms with E-state index in [9.17, 15) is 4.79 Å². The van der Waals surface area contributed by atoms with Gasteiger partial charge in [-0.05, 0) is 6.42 Å². The number of carbonyl (C=O) groups is 1. The Balaban J connectivity index is 2.56. The van der Waals surface area contributed by atoms with Crippen LogP contribution in [0.1, 0.15) is 29.8 Å². The van der Waals surface area contributed by atoms with Crippen molar-refractivity contribution in [1.29, 1.82) is 0 Å². The number of hydrogen-bond acceptors (Lipinski definition) is 5. The van der Waals surface area contributed by atoms with Crippen LogP contribution in [0.15, 0.2) is 0 Å². The highest BCUT2D eigenvalue weighted by atomic mass is 16.5. The minimum Gasteiger partial charge on any atom is -0.396 e. The number of rotatable bonds is 7. The van der Waals surface area contributed by atoms with Crippen molar-refractivity contribution in [3.8, 4) is 0 Å². The third-order valence-electron chi connectivity index (χ3n) is 2.25. The number of aliphatic hydroxyl groups excluding tert-OH is 1. The van der Waals surface area contributed by atoms with Crippen LogP contribution in [0, 0.1) is 0 Å². The highest BCUT2D eigenvalue weighted by molar-refractivity contribution is 5.90. The maximum atomic E-state index is 11.7. The Morgan fingerprint density at radius 1 is 1.65 bits per heavy atom. The minimum absolute atomic E-state index is 0.0114. The summed E-state index contributed by atoms with van der Waals surface area (Å²) in [6.45, 7) is 2.25. The van der Waals surface area contributed by atoms with Crippen LogP contribution < -0.4 is 5.32 Å². The largest absolute Gasteiger partial charge is 0.396 e. The van der Waals surface area contributed by atoms with Crippen LogP contribution in [0.5, 0.6) is 0 Å². The number of carbonyl (C=O) groups excluding carboxylic acids is 1. The Kier molecular flexibility index (Phi) is 5.58. The van der Waals surface area contributed by atoms with E-state index in [0.29, 0.717) is 25.3 Å². The number of hydrogen-bond donors (Lipinski definition) is 3. The molecule has 0 aliphatic heterocycles. The molecule has 1 aromatic heterocycles. The van der Waals surface area contributed by atoms with Crippen LogP contribution in [-0.4, -0.2) is 52.6 Å². The maximum Gasteiger partial charge on any atom is 0.291 e. The smallest absolute Gasteiger partial charge is 0.291 e. The molecule has 1 atom stereocenters. The SMILES string of the molecule is CCc1nc(C(=O)NC(CCO)COC)n[nH]1. The number of methoxy groups -OCH3 is 1. The van der Waals surface area contributed by atoms with Crippen molar-refractivity contribution >= 4 is 5.91 Å². The van der Waals surface area contributed by atoms with Gasteiger partial charge in [0.2, 0.25) is 5.82 Å². The number of amides is 1. The van der Waals surface area contributed by atoms with Crippen LogP contribution in [0.2, 0.25) is 0 Å². The Morgan fingerprint density at radius 3 is 2.94 bits per heavy atom. The van der Waals surface area contributed by atoms with Crippen molar-refractivity contribution in [3.63, 3.8) is 0 Å². The lowest BCUT2D eigenvalue weighted by atomic mass is 10.2. The lowest BCUT2D eigenvalue weighted by Gasteiger charge is -2.15. The predicted octanol–water partition coefficient (Wildman–Crippen LogP) is -0.506. The molecule has 96 valence electrons. The molecule has 0 aromatic carbocycles. The van der Waals surface area contributed by atoms with Gasteiger partial charge in [0.1, 0.15) is 5.82 Å². The van der Waals surface area contributed by atoms with Gasteiger partial charge in [-0.2, -0.15) is 0 Å². The molecule has 0 saturated heterocycles. The van der Waals surface area contributed by atoms with E-state index in [1.54, 1.807) is 7.11 Å². The number of nitrogens with zero attached hydrogens (tertiary/aromatic N) is 2. The van der Waals surface area contributed by atoms with Crippen molar-refractivity contribution in [1.82, 2.24) is 20.5 Å². The number of aliphatic hydroxyl groups is 1. The Hall–Kier alpha value is -1.47. The molecule has 0 radical (unpaired) electrons. The number of H-pyrrole nitrogens is 1. The van der Waals surface area contributed by atoms with Crippen molar-refractivity contribution in [3.05, 3.63) is 11.6 Å². The van der Waals surface area contributed by atoms with Gasteiger partial charge in [-0.25, -0.2) is 4.98 Å². The second-order valence-electron chi connectivity index (χ2n) is 3.60. The van der Waals surface area contributed by atoms with Gasteiger partial charge in [0.25, 0.3) is 5.91 Å². The lowest BCUT2D eigenvalue weighted by Crippen LogP contribution is -2.39. The molecule has 0 saturated carbocycles. The highest BCUT2D eigenvalue weighted by Crippen LogP contribution is 1.97. The van der Waals surface area contributed by atoms with E-state index in [0.717, 1.165) is 0 Å². The van der Waals surface area contributed by atoms with E-state index >= 15 is 0 Å². The molecule has 1 aromatic rings. The van der Waals surface area contributed by atoms with Crippen molar-refractivity contribution < 1.29 is 14.6 Å². The molecule has 0 aliphatic carbocycles. The van der Waals surface area contributed by atoms with E-state index in [2.05, 4.69) is 20.5 Å². The van der Waals surface area contributed by atoms with Gasteiger partial charge < -0.3 is 15.2 Å². The molecule has 1 heterocycles. The Bertz CT molecular complexity index is 347. The van der Waals surface area contributed by atoms with Crippen molar-refractivity contribution in [2.45, 2.75) is 25.8 Å². The quantitative estimate of drug-likeness (QED) is 0.598. The number of aromatic nitrogens is 3. The second kappa shape index (κ2) is 6.97. The van der Waals surface area contributed by atoms with Gasteiger partial charge in [0, 0.05) is 20.1 Å². The van der Waals surface area contributed by atoms with Crippen LogP contribution >= 0.6 is 0 Å². The first-order valence-electron chi connectivity index (χ1n) is 5.53. The van der Waals surface area contributed by atoms with Crippen molar-refractivity contribution in [2.24, 2.45) is 0 Å². The van der Waals surface area contributed by atoms with E-state index in [1.807, 2.05) is 6.92 Å². The topological polar surface area (TPSA) is 100 Å². The summed E-state index contributed by atoms with van der Waals surface area (Å²) in [6, 6.07) is -0.235. The fraction of sp³-hybridized carbons (Fsp3) is 0.700. The zero-order chi connectivity index (χ0) is 12.7. The summed E-state index contributed by atoms with van der Waals surface area (Å²) in [5.41, 5.74) is 0. The average Bonchev–Trinajstić information content (AvgIpc) is 2.78. The summed E-state index contributed by atoms with van der Waals surface area (Å²) in [6.07, 6.45) is 1.13. The molecule has 7 nitrogen and oxygen atoms in total. The lowest BCUT2D eigenvalue weighted by molar-refractivity contribution is 0.0869. The van der Waals surface area contributed by atoms with Crippen LogP contribution in [0.25, 0.3) is 0 Å². The van der Waals surface area contributed by atoms with Gasteiger partial charge in [-0.3, -0.25) is 9.89 Å². The summed E-state index contributed by atoms with van der Waals surface area (Å²) in [4.78, 5) is 15.8. The monoisotopic (exact) mass is 242 g/mol. The predicted molar refractivity (Wildman–Crippen MR) is 60.6 cm³/mol. The summed E-state index contributed by atoms with van der Waals surface area (Å²) in [7, 11) is 1.54. The normalized spacial score (nSPS) is 12.4. The molecular formula is C10H18N4O3. The second-order valence-corrected chi connectivity index (χ2v) is 3.60. The van der Waals surface area contributed by atoms with E-state index in [4.69, 9.17) is 9.84 Å². The Morgan fingerprint density at radius 2 is 2.41 bits per heavy atom. The van der Waals surface area contributed by atoms with Gasteiger partial charge in [-0.1, -0.05) is 6.92 Å². The number of ether oxygens (including phenoxy) is 1. The van der Waals surface area contributed by atoms with Gasteiger partial charge in [-0.15, -0.1) is 5.10 Å². The summed E-state index contributed by atoms with van der Waals surface area (Å²) in [5.74, 6) is 0.415. The fourth-order valence-electron chi connectivity index (χ4n) is 1.36. The molecule has 0 aliphatic rings. The first-order chi connectivity index (χ1) is 8.21. The molecule has 0 fully saturated rings. The van der Waals surface area contributed by atoms with E-state index in [-0.39, 0.29) is 24.4 Å². The molecular weight excluding hydrogens is 224 g/mol. The molecule has 7 heteroatoms. The van der Waals surface area contributed by atoms with Crippen LogP contribution in [0.4, 0.5) is 0 Å². The molecule has 1 amide bonds. The minimum atomic E-state index is -0.364.